The van der Waals surface area contributed by atoms with Gasteiger partial charge in [0.25, 0.3) is 0 Å². The van der Waals surface area contributed by atoms with Gasteiger partial charge in [-0.05, 0) is 60.6 Å². The minimum atomic E-state index is 0.232. The number of hydrogen-bond donors (Lipinski definition) is 0. The number of anilines is 3. The lowest BCUT2D eigenvalue weighted by Gasteiger charge is -2.30. The second-order valence-corrected chi connectivity index (χ2v) is 10.3. The quantitative estimate of drug-likeness (QED) is 0.299. The fourth-order valence-corrected chi connectivity index (χ4v) is 5.47. The Kier molecular flexibility index (Phi) is 5.92. The van der Waals surface area contributed by atoms with Crippen LogP contribution in [0, 0.1) is 6.92 Å². The van der Waals surface area contributed by atoms with Crippen molar-refractivity contribution in [3.05, 3.63) is 89.7 Å². The number of aromatic nitrogens is 2. The topological polar surface area (TPSA) is 24.3 Å². The Bertz CT molecular complexity index is 1340. The van der Waals surface area contributed by atoms with E-state index in [2.05, 4.69) is 130 Å². The molecule has 2 heterocycles. The number of hydrogen-bond acceptors (Lipinski definition) is 3. The van der Waals surface area contributed by atoms with E-state index in [1.807, 2.05) is 6.20 Å². The van der Waals surface area contributed by atoms with Gasteiger partial charge in [-0.15, -0.1) is 0 Å². The summed E-state index contributed by atoms with van der Waals surface area (Å²) in [6.07, 6.45) is 4.29. The normalized spacial score (nSPS) is 15.4. The summed E-state index contributed by atoms with van der Waals surface area (Å²) in [6.45, 7) is 13.6. The maximum atomic E-state index is 4.90. The third-order valence-corrected chi connectivity index (χ3v) is 7.49. The van der Waals surface area contributed by atoms with Crippen molar-refractivity contribution in [2.45, 2.75) is 59.5 Å². The zero-order chi connectivity index (χ0) is 24.9. The standard InChI is InChI=1S/C31H36N4/c1-20(2)24-12-10-13-25(21(3)4)30(24)34-19-18-32-31(34)26-14-11-17-27(22(26)5)35-23(6)33(7)28-15-8-9-16-29(28)35/h8-21,23H,1-7H3/t23-/m0/s1. The van der Waals surface area contributed by atoms with Crippen molar-refractivity contribution >= 4 is 17.1 Å². The highest BCUT2D eigenvalue weighted by Gasteiger charge is 2.32. The van der Waals surface area contributed by atoms with Crippen LogP contribution in [0.4, 0.5) is 17.1 Å². The summed E-state index contributed by atoms with van der Waals surface area (Å²) >= 11 is 0. The fraction of sp³-hybridized carbons (Fsp3) is 0.323. The molecular formula is C31H36N4. The molecule has 1 aliphatic rings. The van der Waals surface area contributed by atoms with Crippen LogP contribution in [-0.4, -0.2) is 22.8 Å². The van der Waals surface area contributed by atoms with Crippen LogP contribution in [0.1, 0.15) is 63.1 Å². The summed E-state index contributed by atoms with van der Waals surface area (Å²) in [5, 5.41) is 0. The molecule has 0 amide bonds. The van der Waals surface area contributed by atoms with Gasteiger partial charge in [0.05, 0.1) is 17.1 Å². The van der Waals surface area contributed by atoms with E-state index in [-0.39, 0.29) is 6.17 Å². The van der Waals surface area contributed by atoms with Gasteiger partial charge in [-0.3, -0.25) is 4.57 Å². The number of para-hydroxylation sites is 3. The smallest absolute Gasteiger partial charge is 0.144 e. The van der Waals surface area contributed by atoms with Crippen molar-refractivity contribution in [2.75, 3.05) is 16.8 Å². The molecule has 0 aliphatic carbocycles. The number of nitrogens with zero attached hydrogens (tertiary/aromatic N) is 4. The second kappa shape index (κ2) is 8.92. The highest BCUT2D eigenvalue weighted by atomic mass is 15.4. The van der Waals surface area contributed by atoms with Gasteiger partial charge in [-0.25, -0.2) is 4.98 Å². The molecule has 35 heavy (non-hydrogen) atoms. The first-order chi connectivity index (χ1) is 16.8. The van der Waals surface area contributed by atoms with Gasteiger partial charge in [0, 0.05) is 30.7 Å². The molecule has 0 saturated heterocycles. The summed E-state index contributed by atoms with van der Waals surface area (Å²) in [7, 11) is 2.17. The summed E-state index contributed by atoms with van der Waals surface area (Å²) < 4.78 is 2.31. The van der Waals surface area contributed by atoms with Crippen LogP contribution in [0.2, 0.25) is 0 Å². The summed E-state index contributed by atoms with van der Waals surface area (Å²) in [6, 6.07) is 22.0. The Morgan fingerprint density at radius 1 is 0.771 bits per heavy atom. The predicted octanol–water partition coefficient (Wildman–Crippen LogP) is 8.03. The molecule has 0 bridgehead atoms. The largest absolute Gasteiger partial charge is 0.353 e. The van der Waals surface area contributed by atoms with Crippen LogP contribution in [-0.2, 0) is 0 Å². The van der Waals surface area contributed by atoms with E-state index in [1.54, 1.807) is 0 Å². The molecule has 0 fully saturated rings. The SMILES string of the molecule is Cc1c(-c2nccn2-c2c(C(C)C)cccc2C(C)C)cccc1N1c2ccccc2N(C)[C@@H]1C. The van der Waals surface area contributed by atoms with E-state index in [4.69, 9.17) is 4.98 Å². The van der Waals surface area contributed by atoms with Gasteiger partial charge in [0.15, 0.2) is 0 Å². The molecule has 4 nitrogen and oxygen atoms in total. The lowest BCUT2D eigenvalue weighted by molar-refractivity contribution is 0.732. The van der Waals surface area contributed by atoms with Crippen LogP contribution >= 0.6 is 0 Å². The molecule has 1 atom stereocenters. The molecule has 0 radical (unpaired) electrons. The highest BCUT2D eigenvalue weighted by Crippen LogP contribution is 2.45. The van der Waals surface area contributed by atoms with Crippen LogP contribution in [0.5, 0.6) is 0 Å². The molecule has 3 aromatic carbocycles. The first kappa shape index (κ1) is 23.2. The summed E-state index contributed by atoms with van der Waals surface area (Å²) in [5.74, 6) is 1.83. The van der Waals surface area contributed by atoms with E-state index in [0.717, 1.165) is 5.82 Å². The third kappa shape index (κ3) is 3.72. The number of fused-ring (bicyclic) bond motifs is 1. The molecule has 180 valence electrons. The van der Waals surface area contributed by atoms with Gasteiger partial charge in [0.2, 0.25) is 0 Å². The molecular weight excluding hydrogens is 428 g/mol. The molecule has 5 rings (SSSR count). The lowest BCUT2D eigenvalue weighted by Crippen LogP contribution is -2.35. The summed E-state index contributed by atoms with van der Waals surface area (Å²) in [5.41, 5.74) is 10.1. The van der Waals surface area contributed by atoms with Crippen molar-refractivity contribution in [1.82, 2.24) is 9.55 Å². The zero-order valence-electron chi connectivity index (χ0n) is 21.9. The average Bonchev–Trinajstić information content (AvgIpc) is 3.42. The average molecular weight is 465 g/mol. The van der Waals surface area contributed by atoms with E-state index >= 15 is 0 Å². The fourth-order valence-electron chi connectivity index (χ4n) is 5.47. The van der Waals surface area contributed by atoms with Gasteiger partial charge in [0.1, 0.15) is 12.0 Å². The van der Waals surface area contributed by atoms with Crippen molar-refractivity contribution in [3.63, 3.8) is 0 Å². The van der Waals surface area contributed by atoms with Gasteiger partial charge >= 0.3 is 0 Å². The van der Waals surface area contributed by atoms with Crippen LogP contribution < -0.4 is 9.80 Å². The van der Waals surface area contributed by atoms with Gasteiger partial charge in [-0.2, -0.15) is 0 Å². The predicted molar refractivity (Wildman–Crippen MR) is 148 cm³/mol. The van der Waals surface area contributed by atoms with Crippen molar-refractivity contribution < 1.29 is 0 Å². The number of imidazole rings is 1. The first-order valence-corrected chi connectivity index (χ1v) is 12.7. The van der Waals surface area contributed by atoms with Crippen molar-refractivity contribution in [1.29, 1.82) is 0 Å². The molecule has 1 aliphatic heterocycles. The van der Waals surface area contributed by atoms with Crippen LogP contribution in [0.3, 0.4) is 0 Å². The maximum absolute atomic E-state index is 4.90. The minimum absolute atomic E-state index is 0.232. The minimum Gasteiger partial charge on any atom is -0.353 e. The Hall–Kier alpha value is -3.53. The monoisotopic (exact) mass is 464 g/mol. The Morgan fingerprint density at radius 2 is 1.37 bits per heavy atom. The number of rotatable bonds is 5. The van der Waals surface area contributed by atoms with E-state index in [1.165, 1.54) is 45.0 Å². The molecule has 1 aromatic heterocycles. The van der Waals surface area contributed by atoms with E-state index in [0.29, 0.717) is 11.8 Å². The van der Waals surface area contributed by atoms with Crippen molar-refractivity contribution in [3.8, 4) is 17.1 Å². The summed E-state index contributed by atoms with van der Waals surface area (Å²) in [4.78, 5) is 9.70. The van der Waals surface area contributed by atoms with E-state index in [9.17, 15) is 0 Å². The molecule has 4 aromatic rings. The zero-order valence-corrected chi connectivity index (χ0v) is 21.9. The Labute approximate surface area is 209 Å². The van der Waals surface area contributed by atoms with E-state index < -0.39 is 0 Å². The molecule has 0 unspecified atom stereocenters. The Balaban J connectivity index is 1.68. The molecule has 0 spiro atoms. The van der Waals surface area contributed by atoms with Crippen LogP contribution in [0.15, 0.2) is 73.1 Å². The highest BCUT2D eigenvalue weighted by molar-refractivity contribution is 5.86. The van der Waals surface area contributed by atoms with Gasteiger partial charge < -0.3 is 9.80 Å². The maximum Gasteiger partial charge on any atom is 0.144 e. The second-order valence-electron chi connectivity index (χ2n) is 10.3. The first-order valence-electron chi connectivity index (χ1n) is 12.7. The van der Waals surface area contributed by atoms with Crippen molar-refractivity contribution in [2.24, 2.45) is 0 Å². The molecule has 4 heteroatoms. The molecule has 0 saturated carbocycles. The lowest BCUT2D eigenvalue weighted by atomic mass is 9.92. The third-order valence-electron chi connectivity index (χ3n) is 7.49. The Morgan fingerprint density at radius 3 is 2.03 bits per heavy atom. The van der Waals surface area contributed by atoms with Gasteiger partial charge in [-0.1, -0.05) is 70.2 Å². The number of benzene rings is 3. The molecule has 0 N–H and O–H groups in total. The van der Waals surface area contributed by atoms with Crippen LogP contribution in [0.25, 0.3) is 17.1 Å².